The minimum Gasteiger partial charge on any atom is -0.383 e. The van der Waals surface area contributed by atoms with Crippen LogP contribution in [0.15, 0.2) is 73.2 Å². The number of halogens is 1. The van der Waals surface area contributed by atoms with Crippen molar-refractivity contribution < 1.29 is 0 Å². The fraction of sp³-hybridized carbons (Fsp3) is 0.125. The van der Waals surface area contributed by atoms with Crippen LogP contribution < -0.4 is 5.73 Å². The van der Waals surface area contributed by atoms with Gasteiger partial charge in [-0.2, -0.15) is 5.10 Å². The molecule has 0 saturated heterocycles. The van der Waals surface area contributed by atoms with Crippen LogP contribution >= 0.6 is 22.6 Å². The molecule has 0 amide bonds. The molecule has 2 aromatic carbocycles. The molecule has 0 radical (unpaired) electrons. The van der Waals surface area contributed by atoms with Crippen molar-refractivity contribution in [1.82, 2.24) is 24.3 Å². The average Bonchev–Trinajstić information content (AvgIpc) is 3.28. The summed E-state index contributed by atoms with van der Waals surface area (Å²) in [5, 5.41) is 5.92. The van der Waals surface area contributed by atoms with Crippen molar-refractivity contribution in [2.75, 3.05) is 5.73 Å². The van der Waals surface area contributed by atoms with Crippen molar-refractivity contribution in [1.29, 1.82) is 0 Å². The van der Waals surface area contributed by atoms with E-state index in [1.807, 2.05) is 24.3 Å². The van der Waals surface area contributed by atoms with Gasteiger partial charge in [-0.05, 0) is 35.1 Å². The highest BCUT2D eigenvalue weighted by Gasteiger charge is 2.19. The van der Waals surface area contributed by atoms with E-state index < -0.39 is 0 Å². The molecule has 0 fully saturated rings. The van der Waals surface area contributed by atoms with Gasteiger partial charge in [-0.15, -0.1) is 0 Å². The second-order valence-electron chi connectivity index (χ2n) is 7.48. The lowest BCUT2D eigenvalue weighted by atomic mass is 10.1. The second kappa shape index (κ2) is 8.14. The summed E-state index contributed by atoms with van der Waals surface area (Å²) in [5.41, 5.74) is 12.6. The number of benzene rings is 2. The van der Waals surface area contributed by atoms with Crippen molar-refractivity contribution >= 4 is 39.4 Å². The number of hydrogen-bond donors (Lipinski definition) is 1. The molecule has 0 aliphatic rings. The summed E-state index contributed by atoms with van der Waals surface area (Å²) in [6, 6.07) is 20.8. The van der Waals surface area contributed by atoms with Gasteiger partial charge < -0.3 is 10.3 Å². The molecule has 7 heteroatoms. The Morgan fingerprint density at radius 1 is 0.935 bits per heavy atom. The predicted molar refractivity (Wildman–Crippen MR) is 132 cm³/mol. The van der Waals surface area contributed by atoms with Gasteiger partial charge >= 0.3 is 0 Å². The molecule has 5 rings (SSSR count). The van der Waals surface area contributed by atoms with E-state index in [1.165, 1.54) is 17.5 Å². The number of hydrogen-bond acceptors (Lipinski definition) is 4. The Bertz CT molecular complexity index is 1360. The van der Waals surface area contributed by atoms with E-state index >= 15 is 0 Å². The molecular formula is C24H21IN6. The Labute approximate surface area is 193 Å². The molecule has 0 aliphatic heterocycles. The monoisotopic (exact) mass is 520 g/mol. The Morgan fingerprint density at radius 2 is 1.65 bits per heavy atom. The first-order valence-electron chi connectivity index (χ1n) is 10.0. The summed E-state index contributed by atoms with van der Waals surface area (Å²) < 4.78 is 5.27. The third kappa shape index (κ3) is 3.69. The van der Waals surface area contributed by atoms with Crippen LogP contribution in [0.3, 0.4) is 0 Å². The quantitative estimate of drug-likeness (QED) is 0.335. The van der Waals surface area contributed by atoms with Crippen LogP contribution in [0.4, 0.5) is 5.82 Å². The Hall–Kier alpha value is -3.20. The van der Waals surface area contributed by atoms with E-state index in [0.29, 0.717) is 12.4 Å². The zero-order chi connectivity index (χ0) is 21.4. The molecule has 0 spiro atoms. The molecule has 2 N–H and O–H groups in total. The van der Waals surface area contributed by atoms with Crippen LogP contribution in [0, 0.1) is 10.5 Å². The maximum Gasteiger partial charge on any atom is 0.146 e. The number of nitrogen functional groups attached to an aromatic ring is 1. The smallest absolute Gasteiger partial charge is 0.146 e. The zero-order valence-corrected chi connectivity index (χ0v) is 19.2. The lowest BCUT2D eigenvalue weighted by Crippen LogP contribution is -2.06. The minimum absolute atomic E-state index is 0.507. The van der Waals surface area contributed by atoms with E-state index in [4.69, 9.17) is 10.8 Å². The molecule has 5 aromatic rings. The highest BCUT2D eigenvalue weighted by molar-refractivity contribution is 14.1. The van der Waals surface area contributed by atoms with Gasteiger partial charge in [0.15, 0.2) is 0 Å². The number of aromatic nitrogens is 5. The molecule has 3 heterocycles. The van der Waals surface area contributed by atoms with Crippen molar-refractivity contribution in [3.63, 3.8) is 0 Å². The number of nitrogens with two attached hydrogens (primary N) is 1. The van der Waals surface area contributed by atoms with Gasteiger partial charge in [-0.3, -0.25) is 4.68 Å². The fourth-order valence-corrected chi connectivity index (χ4v) is 4.75. The molecule has 6 nitrogen and oxygen atoms in total. The number of anilines is 1. The van der Waals surface area contributed by atoms with E-state index in [1.54, 1.807) is 0 Å². The van der Waals surface area contributed by atoms with E-state index in [-0.39, 0.29) is 0 Å². The lowest BCUT2D eigenvalue weighted by Gasteiger charge is -2.08. The van der Waals surface area contributed by atoms with Gasteiger partial charge in [0, 0.05) is 26.6 Å². The molecule has 0 atom stereocenters. The normalized spacial score (nSPS) is 11.3. The predicted octanol–water partition coefficient (Wildman–Crippen LogP) is 4.89. The van der Waals surface area contributed by atoms with Crippen molar-refractivity contribution in [2.45, 2.75) is 20.0 Å². The number of nitrogens with zero attached hydrogens (tertiary/aromatic N) is 5. The fourth-order valence-electron chi connectivity index (χ4n) is 3.90. The first-order valence-corrected chi connectivity index (χ1v) is 11.1. The third-order valence-corrected chi connectivity index (χ3v) is 6.34. The van der Waals surface area contributed by atoms with Crippen LogP contribution in [-0.4, -0.2) is 24.3 Å². The first-order chi connectivity index (χ1) is 15.1. The maximum atomic E-state index is 6.12. The van der Waals surface area contributed by atoms with Crippen molar-refractivity contribution in [3.8, 4) is 11.3 Å². The van der Waals surface area contributed by atoms with Crippen LogP contribution in [0.25, 0.3) is 22.3 Å². The van der Waals surface area contributed by atoms with E-state index in [0.717, 1.165) is 38.1 Å². The maximum absolute atomic E-state index is 6.12. The second-order valence-corrected chi connectivity index (χ2v) is 8.65. The molecule has 154 valence electrons. The van der Waals surface area contributed by atoms with Crippen molar-refractivity contribution in [3.05, 3.63) is 93.6 Å². The zero-order valence-electron chi connectivity index (χ0n) is 17.0. The summed E-state index contributed by atoms with van der Waals surface area (Å²) in [5.74, 6) is 0.507. The Kier molecular flexibility index (Phi) is 5.19. The summed E-state index contributed by atoms with van der Waals surface area (Å²) >= 11 is 2.29. The molecule has 3 aromatic heterocycles. The van der Waals surface area contributed by atoms with Gasteiger partial charge in [0.05, 0.1) is 24.2 Å². The molecule has 0 saturated carbocycles. The molecule has 0 bridgehead atoms. The average molecular weight is 520 g/mol. The lowest BCUT2D eigenvalue weighted by molar-refractivity contribution is 0.663. The highest BCUT2D eigenvalue weighted by atomic mass is 127. The third-order valence-electron chi connectivity index (χ3n) is 5.52. The van der Waals surface area contributed by atoms with Gasteiger partial charge in [0.2, 0.25) is 0 Å². The topological polar surface area (TPSA) is 74.6 Å². The summed E-state index contributed by atoms with van der Waals surface area (Å²) in [4.78, 5) is 8.66. The van der Waals surface area contributed by atoms with E-state index in [2.05, 4.69) is 91.3 Å². The molecule has 0 unspecified atom stereocenters. The SMILES string of the molecule is Cc1c(Cn2cc(I)c3c(N)ncnc32)c(-c2ccccc2)nn1Cc1ccccc1. The van der Waals surface area contributed by atoms with Crippen LogP contribution in [0.5, 0.6) is 0 Å². The van der Waals surface area contributed by atoms with E-state index in [9.17, 15) is 0 Å². The molecule has 31 heavy (non-hydrogen) atoms. The Balaban J connectivity index is 1.63. The standard InChI is InChI=1S/C24H21IN6/c1-16-19(13-30-14-20(25)21-23(26)27-15-28-24(21)30)22(18-10-6-3-7-11-18)29-31(16)12-17-8-4-2-5-9-17/h2-11,14-15H,12-13H2,1H3,(H2,26,27,28). The molecular weight excluding hydrogens is 499 g/mol. The first kappa shape index (κ1) is 19.7. The summed E-state index contributed by atoms with van der Waals surface area (Å²) in [7, 11) is 0. The highest BCUT2D eigenvalue weighted by Crippen LogP contribution is 2.30. The largest absolute Gasteiger partial charge is 0.383 e. The number of rotatable bonds is 5. The van der Waals surface area contributed by atoms with Crippen molar-refractivity contribution in [2.24, 2.45) is 0 Å². The van der Waals surface area contributed by atoms with Crippen LogP contribution in [-0.2, 0) is 13.1 Å². The Morgan fingerprint density at radius 3 is 2.39 bits per heavy atom. The molecule has 0 aliphatic carbocycles. The van der Waals surface area contributed by atoms with Gasteiger partial charge in [-0.1, -0.05) is 60.7 Å². The van der Waals surface area contributed by atoms with Gasteiger partial charge in [0.25, 0.3) is 0 Å². The number of fused-ring (bicyclic) bond motifs is 1. The summed E-state index contributed by atoms with van der Waals surface area (Å²) in [6.45, 7) is 3.52. The van der Waals surface area contributed by atoms with Crippen LogP contribution in [0.1, 0.15) is 16.8 Å². The van der Waals surface area contributed by atoms with Gasteiger partial charge in [0.1, 0.15) is 17.8 Å². The summed E-state index contributed by atoms with van der Waals surface area (Å²) in [6.07, 6.45) is 3.60. The van der Waals surface area contributed by atoms with Crippen LogP contribution in [0.2, 0.25) is 0 Å². The van der Waals surface area contributed by atoms with Gasteiger partial charge in [-0.25, -0.2) is 9.97 Å². The minimum atomic E-state index is 0.507.